The first kappa shape index (κ1) is 40.4. The van der Waals surface area contributed by atoms with E-state index in [9.17, 15) is 46.3 Å². The monoisotopic (exact) mass is 834 g/mol. The first-order chi connectivity index (χ1) is 27.0. The van der Waals surface area contributed by atoms with E-state index in [0.29, 0.717) is 48.9 Å². The van der Waals surface area contributed by atoms with Crippen molar-refractivity contribution in [3.8, 4) is 0 Å². The number of amides is 3. The van der Waals surface area contributed by atoms with Gasteiger partial charge in [0, 0.05) is 40.8 Å². The summed E-state index contributed by atoms with van der Waals surface area (Å²) in [6.45, 7) is 3.09. The number of likely N-dealkylation sites (tertiary alicyclic amines) is 1. The zero-order chi connectivity index (χ0) is 40.4. The van der Waals surface area contributed by atoms with Gasteiger partial charge in [0.2, 0.25) is 17.7 Å². The lowest BCUT2D eigenvalue weighted by Crippen LogP contribution is -2.60. The predicted octanol–water partition coefficient (Wildman–Crippen LogP) is 7.00. The van der Waals surface area contributed by atoms with Crippen LogP contribution in [0.25, 0.3) is 10.1 Å². The molecule has 1 aromatic heterocycles. The average Bonchev–Trinajstić information content (AvgIpc) is 3.44. The fraction of sp³-hybridized carbons (Fsp3) is 0.575. The number of thiophene rings is 1. The van der Waals surface area contributed by atoms with Crippen molar-refractivity contribution < 1.29 is 51.0 Å². The third kappa shape index (κ3) is 8.14. The maximum absolute atomic E-state index is 14.7. The van der Waals surface area contributed by atoms with Gasteiger partial charge in [0.1, 0.15) is 12.1 Å². The number of nitrogens with zero attached hydrogens (tertiary/aromatic N) is 3. The Morgan fingerprint density at radius 3 is 2.44 bits per heavy atom. The van der Waals surface area contributed by atoms with Crippen molar-refractivity contribution in [2.75, 3.05) is 13.1 Å². The Morgan fingerprint density at radius 2 is 1.77 bits per heavy atom. The van der Waals surface area contributed by atoms with Crippen LogP contribution in [0.3, 0.4) is 0 Å². The molecule has 2 saturated carbocycles. The number of halogens is 4. The van der Waals surface area contributed by atoms with Crippen molar-refractivity contribution in [1.82, 2.24) is 20.0 Å². The summed E-state index contributed by atoms with van der Waals surface area (Å²) >= 11 is 1.09. The second kappa shape index (κ2) is 15.3. The van der Waals surface area contributed by atoms with Crippen LogP contribution in [-0.4, -0.2) is 104 Å². The third-order valence-electron chi connectivity index (χ3n) is 13.0. The molecule has 2 aliphatic carbocycles. The van der Waals surface area contributed by atoms with E-state index in [1.807, 2.05) is 30.0 Å². The van der Waals surface area contributed by atoms with Gasteiger partial charge in [0.05, 0.1) is 11.0 Å². The number of ether oxygens (including phenoxy) is 1. The Balaban J connectivity index is 1.05. The van der Waals surface area contributed by atoms with Crippen LogP contribution < -0.4 is 5.32 Å². The van der Waals surface area contributed by atoms with Crippen LogP contribution in [0.5, 0.6) is 0 Å². The molecular weight excluding hydrogens is 787 g/mol. The molecule has 57 heavy (non-hydrogen) atoms. The maximum Gasteiger partial charge on any atom is 0.522 e. The highest BCUT2D eigenvalue weighted by Gasteiger charge is 2.59. The molecule has 1 spiro atoms. The second-order valence-electron chi connectivity index (χ2n) is 16.4. The fourth-order valence-corrected chi connectivity index (χ4v) is 11.5. The molecular formula is C40H47F4N4O7PS. The number of carbonyl (C=O) groups is 3. The molecule has 3 aromatic rings. The highest BCUT2D eigenvalue weighted by atomic mass is 32.1. The lowest BCUT2D eigenvalue weighted by Gasteiger charge is -2.48. The fourth-order valence-electron chi connectivity index (χ4n) is 9.99. The van der Waals surface area contributed by atoms with Crippen molar-refractivity contribution in [2.45, 2.75) is 131 Å². The second-order valence-corrected chi connectivity index (χ2v) is 19.2. The topological polar surface area (TPSA) is 140 Å². The number of alkyl halides is 4. The summed E-state index contributed by atoms with van der Waals surface area (Å²) in [5.41, 5.74) is 0.727. The Bertz CT molecular complexity index is 2060. The molecule has 3 N–H and O–H groups in total. The van der Waals surface area contributed by atoms with Crippen LogP contribution in [0, 0.1) is 0 Å². The molecule has 0 bridgehead atoms. The molecule has 308 valence electrons. The van der Waals surface area contributed by atoms with E-state index in [4.69, 9.17) is 0 Å². The van der Waals surface area contributed by atoms with Crippen LogP contribution in [0.1, 0.15) is 104 Å². The number of rotatable bonds is 10. The van der Waals surface area contributed by atoms with Crippen molar-refractivity contribution in [3.63, 3.8) is 0 Å². The van der Waals surface area contributed by atoms with E-state index in [2.05, 4.69) is 27.1 Å². The van der Waals surface area contributed by atoms with Gasteiger partial charge < -0.3 is 24.9 Å². The minimum absolute atomic E-state index is 0.0794. The van der Waals surface area contributed by atoms with E-state index in [-0.39, 0.29) is 71.1 Å². The number of nitrogens with one attached hydrogen (secondary N) is 1. The lowest BCUT2D eigenvalue weighted by atomic mass is 9.84. The zero-order valence-corrected chi connectivity index (χ0v) is 33.2. The number of hydrogen-bond acceptors (Lipinski definition) is 7. The molecule has 4 heterocycles. The lowest BCUT2D eigenvalue weighted by molar-refractivity contribution is -0.354. The van der Waals surface area contributed by atoms with Crippen LogP contribution in [0.4, 0.5) is 17.6 Å². The van der Waals surface area contributed by atoms with Crippen molar-refractivity contribution >= 4 is 46.7 Å². The Hall–Kier alpha value is -3.40. The summed E-state index contributed by atoms with van der Waals surface area (Å²) < 4.78 is 69.9. The van der Waals surface area contributed by atoms with Gasteiger partial charge in [-0.1, -0.05) is 43.3 Å². The minimum atomic E-state index is -5.06. The van der Waals surface area contributed by atoms with E-state index in [1.165, 1.54) is 29.8 Å². The molecule has 17 heteroatoms. The molecule has 8 rings (SSSR count). The molecule has 3 saturated heterocycles. The molecule has 0 radical (unpaired) electrons. The SMILES string of the molecule is CCN(C1CC(OC(F)(F)F)C1)[C@H]1CC[C@H](NC(=O)c2cc3cc([C@@H](F)P(=O)(O)O)ccc3s2)C(=O)N2[C@H](CC[C@H]2C(=O)N2C[C@H](c3ccccc3)CC23CC3)C1. The van der Waals surface area contributed by atoms with Crippen molar-refractivity contribution in [1.29, 1.82) is 0 Å². The first-order valence-corrected chi connectivity index (χ1v) is 22.3. The first-order valence-electron chi connectivity index (χ1n) is 19.8. The molecule has 3 amide bonds. The highest BCUT2D eigenvalue weighted by Crippen LogP contribution is 2.55. The Morgan fingerprint density at radius 1 is 1.04 bits per heavy atom. The Labute approximate surface area is 331 Å². The Kier molecular flexibility index (Phi) is 10.9. The molecule has 2 aromatic carbocycles. The largest absolute Gasteiger partial charge is 0.522 e. The molecule has 6 atom stereocenters. The van der Waals surface area contributed by atoms with Crippen molar-refractivity contribution in [2.24, 2.45) is 0 Å². The van der Waals surface area contributed by atoms with Crippen LogP contribution in [-0.2, 0) is 18.9 Å². The van der Waals surface area contributed by atoms with Crippen LogP contribution >= 0.6 is 18.9 Å². The van der Waals surface area contributed by atoms with Crippen molar-refractivity contribution in [3.05, 3.63) is 70.6 Å². The zero-order valence-electron chi connectivity index (χ0n) is 31.4. The van der Waals surface area contributed by atoms with E-state index in [0.717, 1.165) is 30.6 Å². The number of carbonyl (C=O) groups excluding carboxylic acids is 3. The standard InChI is InChI=1S/C40H47F4N4O7PS/c1-2-46(29-19-30(20-29)55-40(42,43)44)27-9-11-31(45-36(49)34-17-25-16-24(8-13-33(25)57-34)35(41)56(52,53)54)37(50)48-28(18-27)10-12-32(48)38(51)47-22-26(21-39(47)14-15-39)23-6-4-3-5-7-23/h3-8,13,16-17,26-32,35H,2,9-12,14-15,18-22H2,1H3,(H,45,49)(H2,52,53,54)/t26-,27+,28-,29?,30?,31+,32+,35+/m1/s1. The maximum atomic E-state index is 14.7. The number of benzene rings is 2. The third-order valence-corrected chi connectivity index (χ3v) is 15.0. The molecule has 3 aliphatic heterocycles. The summed E-state index contributed by atoms with van der Waals surface area (Å²) in [6.07, 6.45) is -0.209. The summed E-state index contributed by atoms with van der Waals surface area (Å²) in [7, 11) is -5.06. The van der Waals surface area contributed by atoms with Crippen LogP contribution in [0.2, 0.25) is 0 Å². The van der Waals surface area contributed by atoms with Crippen LogP contribution in [0.15, 0.2) is 54.6 Å². The van der Waals surface area contributed by atoms with Gasteiger partial charge in [-0.2, -0.15) is 0 Å². The molecule has 11 nitrogen and oxygen atoms in total. The van der Waals surface area contributed by atoms with E-state index < -0.39 is 44.0 Å². The van der Waals surface area contributed by atoms with Gasteiger partial charge in [-0.3, -0.25) is 28.6 Å². The number of hydrogen-bond donors (Lipinski definition) is 3. The number of fused-ring (bicyclic) bond motifs is 2. The van der Waals surface area contributed by atoms with Gasteiger partial charge >= 0.3 is 14.0 Å². The molecule has 5 fully saturated rings. The summed E-state index contributed by atoms with van der Waals surface area (Å²) in [6, 6.07) is 13.4. The quantitative estimate of drug-likeness (QED) is 0.147. The summed E-state index contributed by atoms with van der Waals surface area (Å²) in [4.78, 5) is 68.2. The smallest absolute Gasteiger partial charge is 0.340 e. The van der Waals surface area contributed by atoms with Gasteiger partial charge in [-0.15, -0.1) is 24.5 Å². The normalized spacial score (nSPS) is 29.3. The van der Waals surface area contributed by atoms with E-state index >= 15 is 0 Å². The molecule has 0 unspecified atom stereocenters. The summed E-state index contributed by atoms with van der Waals surface area (Å²) in [5.74, 6) is -3.32. The average molecular weight is 835 g/mol. The van der Waals surface area contributed by atoms with E-state index in [1.54, 1.807) is 4.90 Å². The van der Waals surface area contributed by atoms with Gasteiger partial charge in [0.15, 0.2) is 0 Å². The molecule has 5 aliphatic rings. The summed E-state index contributed by atoms with van der Waals surface area (Å²) in [5, 5.41) is 3.35. The minimum Gasteiger partial charge on any atom is -0.340 e. The highest BCUT2D eigenvalue weighted by molar-refractivity contribution is 7.51. The van der Waals surface area contributed by atoms with Gasteiger partial charge in [0.25, 0.3) is 5.91 Å². The van der Waals surface area contributed by atoms with Gasteiger partial charge in [-0.05, 0) is 105 Å². The predicted molar refractivity (Wildman–Crippen MR) is 204 cm³/mol. The van der Waals surface area contributed by atoms with Gasteiger partial charge in [-0.25, -0.2) is 4.39 Å².